The second kappa shape index (κ2) is 12.3. The van der Waals surface area contributed by atoms with Crippen molar-refractivity contribution in [2.75, 3.05) is 32.8 Å². The molecule has 0 radical (unpaired) electrons. The molecule has 9 nitrogen and oxygen atoms in total. The number of nitrogens with zero attached hydrogens (tertiary/aromatic N) is 2. The van der Waals surface area contributed by atoms with Crippen molar-refractivity contribution < 1.29 is 28.5 Å². The van der Waals surface area contributed by atoms with E-state index in [9.17, 15) is 9.59 Å². The van der Waals surface area contributed by atoms with Gasteiger partial charge in [-0.3, -0.25) is 9.59 Å². The molecule has 0 heterocycles. The van der Waals surface area contributed by atoms with Gasteiger partial charge in [0.2, 0.25) is 6.04 Å². The van der Waals surface area contributed by atoms with E-state index in [4.69, 9.17) is 42.1 Å². The first-order valence-electron chi connectivity index (χ1n) is 9.99. The van der Waals surface area contributed by atoms with Crippen LogP contribution in [0.25, 0.3) is 0 Å². The molecule has 2 aromatic rings. The number of benzene rings is 2. The number of rotatable bonds is 11. The molecule has 0 aromatic heterocycles. The summed E-state index contributed by atoms with van der Waals surface area (Å²) >= 11 is 12.5. The molecule has 0 aliphatic rings. The quantitative estimate of drug-likeness (QED) is 0.324. The van der Waals surface area contributed by atoms with Crippen LogP contribution in [0.2, 0.25) is 10.0 Å². The zero-order valence-electron chi connectivity index (χ0n) is 18.9. The number of halogens is 2. The second-order valence-electron chi connectivity index (χ2n) is 6.47. The van der Waals surface area contributed by atoms with Crippen LogP contribution in [0.1, 0.15) is 20.8 Å². The van der Waals surface area contributed by atoms with Gasteiger partial charge in [-0.15, -0.1) is 0 Å². The minimum Gasteiger partial charge on any atom is -0.495 e. The molecule has 0 fully saturated rings. The number of azo groups is 1. The average molecular weight is 498 g/mol. The topological polar surface area (TPSA) is 108 Å². The molecule has 0 saturated heterocycles. The lowest BCUT2D eigenvalue weighted by atomic mass is 10.2. The summed E-state index contributed by atoms with van der Waals surface area (Å²) in [4.78, 5) is 25.1. The summed E-state index contributed by atoms with van der Waals surface area (Å²) in [5, 5.41) is 11.1. The monoisotopic (exact) mass is 497 g/mol. The zero-order chi connectivity index (χ0) is 24.5. The standard InChI is InChI=1S/C22H25Cl2N3O6/c1-6-32-20-13(23)8-9-14(21(20)33-7-2)26-27-18(12(3)28)22(29)25-19-16(31-5)11-10-15(30-4)17(19)24/h8-11,18H,6-7H2,1-5H3,(H,25,29). The first-order chi connectivity index (χ1) is 15.8. The first-order valence-corrected chi connectivity index (χ1v) is 10.7. The van der Waals surface area contributed by atoms with Crippen molar-refractivity contribution in [1.82, 2.24) is 0 Å². The Morgan fingerprint density at radius 2 is 1.58 bits per heavy atom. The summed E-state index contributed by atoms with van der Waals surface area (Å²) < 4.78 is 21.6. The number of carbonyl (C=O) groups excluding carboxylic acids is 2. The second-order valence-corrected chi connectivity index (χ2v) is 7.25. The van der Waals surface area contributed by atoms with Crippen LogP contribution in [0, 0.1) is 0 Å². The molecule has 0 spiro atoms. The van der Waals surface area contributed by atoms with E-state index in [-0.39, 0.29) is 27.9 Å². The summed E-state index contributed by atoms with van der Waals surface area (Å²) in [7, 11) is 2.85. The SMILES string of the molecule is CCOc1c(Cl)ccc(N=NC(C(C)=O)C(=O)Nc2c(OC)ccc(OC)c2Cl)c1OCC. The Labute approximate surface area is 202 Å². The van der Waals surface area contributed by atoms with Gasteiger partial charge < -0.3 is 24.3 Å². The molecule has 33 heavy (non-hydrogen) atoms. The Morgan fingerprint density at radius 3 is 2.15 bits per heavy atom. The lowest BCUT2D eigenvalue weighted by molar-refractivity contribution is -0.126. The average Bonchev–Trinajstić information content (AvgIpc) is 2.78. The van der Waals surface area contributed by atoms with Gasteiger partial charge >= 0.3 is 0 Å². The van der Waals surface area contributed by atoms with Crippen LogP contribution >= 0.6 is 23.2 Å². The fourth-order valence-electron chi connectivity index (χ4n) is 2.78. The van der Waals surface area contributed by atoms with Crippen LogP contribution in [0.5, 0.6) is 23.0 Å². The number of amides is 1. The number of carbonyl (C=O) groups is 2. The molecule has 1 N–H and O–H groups in total. The van der Waals surface area contributed by atoms with Gasteiger partial charge in [0.25, 0.3) is 5.91 Å². The fourth-order valence-corrected chi connectivity index (χ4v) is 3.27. The Hall–Kier alpha value is -3.04. The third-order valence-electron chi connectivity index (χ3n) is 4.29. The van der Waals surface area contributed by atoms with Gasteiger partial charge in [-0.2, -0.15) is 10.2 Å². The highest BCUT2D eigenvalue weighted by molar-refractivity contribution is 6.36. The number of ether oxygens (including phenoxy) is 4. The molecule has 1 atom stereocenters. The lowest BCUT2D eigenvalue weighted by Gasteiger charge is -2.16. The van der Waals surface area contributed by atoms with Crippen molar-refractivity contribution in [3.8, 4) is 23.0 Å². The van der Waals surface area contributed by atoms with E-state index in [2.05, 4.69) is 15.5 Å². The molecule has 2 aromatic carbocycles. The van der Waals surface area contributed by atoms with Gasteiger partial charge in [0, 0.05) is 0 Å². The van der Waals surface area contributed by atoms with Crippen LogP contribution in [-0.2, 0) is 9.59 Å². The molecule has 0 aliphatic heterocycles. The summed E-state index contributed by atoms with van der Waals surface area (Å²) in [6, 6.07) is 4.81. The van der Waals surface area contributed by atoms with Crippen molar-refractivity contribution in [3.05, 3.63) is 34.3 Å². The van der Waals surface area contributed by atoms with Crippen LogP contribution < -0.4 is 24.3 Å². The Bertz CT molecular complexity index is 1050. The molecule has 0 aliphatic carbocycles. The van der Waals surface area contributed by atoms with Gasteiger partial charge in [0.1, 0.15) is 27.9 Å². The van der Waals surface area contributed by atoms with Gasteiger partial charge in [-0.1, -0.05) is 23.2 Å². The Balaban J connectivity index is 2.41. The Morgan fingerprint density at radius 1 is 0.970 bits per heavy atom. The molecule has 2 rings (SSSR count). The molecule has 0 bridgehead atoms. The smallest absolute Gasteiger partial charge is 0.258 e. The van der Waals surface area contributed by atoms with E-state index in [1.807, 2.05) is 0 Å². The molecule has 1 amide bonds. The lowest BCUT2D eigenvalue weighted by Crippen LogP contribution is -2.32. The fraction of sp³-hybridized carbons (Fsp3) is 0.364. The van der Waals surface area contributed by atoms with Crippen LogP contribution in [0.15, 0.2) is 34.5 Å². The van der Waals surface area contributed by atoms with E-state index in [0.29, 0.717) is 29.7 Å². The van der Waals surface area contributed by atoms with Crippen molar-refractivity contribution >= 4 is 46.3 Å². The highest BCUT2D eigenvalue weighted by Gasteiger charge is 2.26. The zero-order valence-corrected chi connectivity index (χ0v) is 20.4. The van der Waals surface area contributed by atoms with Crippen LogP contribution in [0.4, 0.5) is 11.4 Å². The van der Waals surface area contributed by atoms with Crippen molar-refractivity contribution in [2.45, 2.75) is 26.8 Å². The van der Waals surface area contributed by atoms with E-state index < -0.39 is 17.7 Å². The van der Waals surface area contributed by atoms with Crippen molar-refractivity contribution in [3.63, 3.8) is 0 Å². The molecule has 178 valence electrons. The van der Waals surface area contributed by atoms with Gasteiger partial charge in [-0.25, -0.2) is 0 Å². The normalized spacial score (nSPS) is 11.7. The molecular weight excluding hydrogens is 473 g/mol. The van der Waals surface area contributed by atoms with E-state index in [0.717, 1.165) is 0 Å². The van der Waals surface area contributed by atoms with Crippen LogP contribution in [0.3, 0.4) is 0 Å². The summed E-state index contributed by atoms with van der Waals surface area (Å²) in [5.74, 6) is -0.126. The number of methoxy groups -OCH3 is 2. The molecular formula is C22H25Cl2N3O6. The van der Waals surface area contributed by atoms with Crippen molar-refractivity contribution in [1.29, 1.82) is 0 Å². The summed E-state index contributed by atoms with van der Waals surface area (Å²) in [6.07, 6.45) is 0. The minimum atomic E-state index is -1.46. The largest absolute Gasteiger partial charge is 0.495 e. The molecule has 1 unspecified atom stereocenters. The predicted molar refractivity (Wildman–Crippen MR) is 126 cm³/mol. The maximum absolute atomic E-state index is 12.9. The minimum absolute atomic E-state index is 0.113. The number of hydrogen-bond acceptors (Lipinski definition) is 8. The third kappa shape index (κ3) is 6.27. The molecule has 11 heteroatoms. The number of ketones is 1. The highest BCUT2D eigenvalue weighted by Crippen LogP contribution is 2.43. The summed E-state index contributed by atoms with van der Waals surface area (Å²) in [5.41, 5.74) is 0.394. The Kier molecular flexibility index (Phi) is 9.74. The van der Waals surface area contributed by atoms with Gasteiger partial charge in [-0.05, 0) is 45.0 Å². The number of hydrogen-bond donors (Lipinski definition) is 1. The first kappa shape index (κ1) is 26.2. The third-order valence-corrected chi connectivity index (χ3v) is 4.96. The number of anilines is 1. The van der Waals surface area contributed by atoms with E-state index in [1.54, 1.807) is 38.1 Å². The summed E-state index contributed by atoms with van der Waals surface area (Å²) in [6.45, 7) is 5.48. The maximum Gasteiger partial charge on any atom is 0.258 e. The number of Topliss-reactive ketones (excluding diaryl/α,β-unsaturated/α-hetero) is 1. The maximum atomic E-state index is 12.9. The van der Waals surface area contributed by atoms with Crippen LogP contribution in [-0.4, -0.2) is 45.2 Å². The van der Waals surface area contributed by atoms with E-state index in [1.165, 1.54) is 21.1 Å². The predicted octanol–water partition coefficient (Wildman–Crippen LogP) is 5.49. The number of nitrogens with one attached hydrogen (secondary N) is 1. The molecule has 0 saturated carbocycles. The van der Waals surface area contributed by atoms with E-state index >= 15 is 0 Å². The van der Waals surface area contributed by atoms with Gasteiger partial charge in [0.15, 0.2) is 17.3 Å². The highest BCUT2D eigenvalue weighted by atomic mass is 35.5. The van der Waals surface area contributed by atoms with Gasteiger partial charge in [0.05, 0.1) is 32.5 Å². The van der Waals surface area contributed by atoms with Crippen molar-refractivity contribution in [2.24, 2.45) is 10.2 Å².